The van der Waals surface area contributed by atoms with Crippen molar-refractivity contribution in [3.63, 3.8) is 0 Å². The molecule has 64 heavy (non-hydrogen) atoms. The zero-order chi connectivity index (χ0) is 41.9. The summed E-state index contributed by atoms with van der Waals surface area (Å²) in [6.45, 7) is 0. The zero-order valence-corrected chi connectivity index (χ0v) is 35.6. The zero-order valence-electron chi connectivity index (χ0n) is 34.7. The van der Waals surface area contributed by atoms with Crippen LogP contribution in [0.1, 0.15) is 22.3 Å². The van der Waals surface area contributed by atoms with E-state index in [2.05, 4.69) is 240 Å². The standard InChI is InChI=1S/C61H38N2S/c1-3-17-39(18-4-1)40-33-35-42(36-34-40)62(52-29-15-28-51-57(52)45-23-9-13-27-50(45)61(51)48-25-11-7-21-43(48)44-22-8-12-26-49(44)61)53-30-16-31-54-58(53)47-37-38-56-59(46-24-10-14-32-55(46)64-56)60(47)63(54)41-19-5-2-6-20-41/h1-38H. The van der Waals surface area contributed by atoms with E-state index in [1.54, 1.807) is 0 Å². The first-order valence-electron chi connectivity index (χ1n) is 22.1. The number of fused-ring (bicyclic) bond motifs is 17. The van der Waals surface area contributed by atoms with Crippen molar-refractivity contribution in [1.82, 2.24) is 4.57 Å². The van der Waals surface area contributed by atoms with Gasteiger partial charge in [0, 0.05) is 47.9 Å². The average Bonchev–Trinajstić information content (AvgIpc) is 4.09. The van der Waals surface area contributed by atoms with Crippen molar-refractivity contribution < 1.29 is 0 Å². The van der Waals surface area contributed by atoms with E-state index >= 15 is 0 Å². The van der Waals surface area contributed by atoms with Crippen LogP contribution in [-0.2, 0) is 5.41 Å². The van der Waals surface area contributed by atoms with E-state index in [4.69, 9.17) is 0 Å². The van der Waals surface area contributed by atoms with Gasteiger partial charge in [-0.2, -0.15) is 0 Å². The van der Waals surface area contributed by atoms with Gasteiger partial charge in [0.15, 0.2) is 0 Å². The van der Waals surface area contributed by atoms with Crippen LogP contribution in [0.25, 0.3) is 81.0 Å². The highest BCUT2D eigenvalue weighted by Crippen LogP contribution is 2.65. The number of anilines is 3. The molecular weight excluding hydrogens is 793 g/mol. The van der Waals surface area contributed by atoms with Crippen LogP contribution in [0.5, 0.6) is 0 Å². The predicted octanol–water partition coefficient (Wildman–Crippen LogP) is 16.6. The maximum Gasteiger partial charge on any atom is 0.0726 e. The first-order valence-corrected chi connectivity index (χ1v) is 22.9. The molecule has 1 spiro atoms. The van der Waals surface area contributed by atoms with Crippen LogP contribution in [-0.4, -0.2) is 4.57 Å². The Labute approximate surface area is 375 Å². The predicted molar refractivity (Wildman–Crippen MR) is 270 cm³/mol. The molecule has 298 valence electrons. The minimum absolute atomic E-state index is 0.459. The molecule has 0 atom stereocenters. The minimum atomic E-state index is -0.459. The van der Waals surface area contributed by atoms with Gasteiger partial charge in [-0.3, -0.25) is 0 Å². The number of thiophene rings is 1. The second-order valence-electron chi connectivity index (χ2n) is 17.1. The molecule has 0 unspecified atom stereocenters. The first-order chi connectivity index (χ1) is 31.8. The molecule has 0 fully saturated rings. The summed E-state index contributed by atoms with van der Waals surface area (Å²) in [6.07, 6.45) is 0. The van der Waals surface area contributed by atoms with E-state index in [1.807, 2.05) is 11.3 Å². The number of nitrogens with zero attached hydrogens (tertiary/aromatic N) is 2. The number of hydrogen-bond acceptors (Lipinski definition) is 2. The van der Waals surface area contributed by atoms with E-state index < -0.39 is 5.41 Å². The van der Waals surface area contributed by atoms with Crippen molar-refractivity contribution in [2.75, 3.05) is 4.90 Å². The molecule has 2 aliphatic carbocycles. The molecule has 14 rings (SSSR count). The summed E-state index contributed by atoms with van der Waals surface area (Å²) in [7, 11) is 0. The van der Waals surface area contributed by atoms with Crippen LogP contribution in [0, 0.1) is 0 Å². The van der Waals surface area contributed by atoms with Gasteiger partial charge in [-0.1, -0.05) is 176 Å². The molecule has 2 aliphatic rings. The summed E-state index contributed by atoms with van der Waals surface area (Å²) in [5, 5.41) is 5.06. The Morgan fingerprint density at radius 1 is 0.375 bits per heavy atom. The smallest absolute Gasteiger partial charge is 0.0726 e. The molecule has 2 nitrogen and oxygen atoms in total. The summed E-state index contributed by atoms with van der Waals surface area (Å²) >= 11 is 1.88. The maximum absolute atomic E-state index is 2.56. The molecule has 0 bridgehead atoms. The maximum atomic E-state index is 2.56. The van der Waals surface area contributed by atoms with Gasteiger partial charge >= 0.3 is 0 Å². The van der Waals surface area contributed by atoms with E-state index in [0.717, 1.165) is 22.7 Å². The lowest BCUT2D eigenvalue weighted by molar-refractivity contribution is 0.794. The number of benzene rings is 10. The third-order valence-corrected chi connectivity index (χ3v) is 15.1. The number of para-hydroxylation sites is 1. The van der Waals surface area contributed by atoms with Crippen LogP contribution < -0.4 is 4.90 Å². The van der Waals surface area contributed by atoms with Crippen molar-refractivity contribution in [1.29, 1.82) is 0 Å². The molecule has 2 aromatic heterocycles. The largest absolute Gasteiger partial charge is 0.309 e. The third-order valence-electron chi connectivity index (χ3n) is 14.0. The molecule has 0 radical (unpaired) electrons. The fourth-order valence-corrected chi connectivity index (χ4v) is 12.6. The number of hydrogen-bond donors (Lipinski definition) is 0. The van der Waals surface area contributed by atoms with E-state index in [-0.39, 0.29) is 0 Å². The Balaban J connectivity index is 1.11. The van der Waals surface area contributed by atoms with Gasteiger partial charge in [-0.25, -0.2) is 0 Å². The lowest BCUT2D eigenvalue weighted by Crippen LogP contribution is -2.26. The molecular formula is C61H38N2S. The SMILES string of the molecule is c1ccc(-c2ccc(N(c3cccc4c3-c3ccccc3C43c4ccccc4-c4ccccc43)c3cccc4c3c3ccc5sc6ccccc6c5c3n4-c3ccccc3)cc2)cc1. The fourth-order valence-electron chi connectivity index (χ4n) is 11.5. The highest BCUT2D eigenvalue weighted by atomic mass is 32.1. The molecule has 12 aromatic rings. The van der Waals surface area contributed by atoms with Crippen LogP contribution in [0.3, 0.4) is 0 Å². The number of aromatic nitrogens is 1. The quantitative estimate of drug-likeness (QED) is 0.168. The molecule has 0 amide bonds. The lowest BCUT2D eigenvalue weighted by atomic mass is 9.70. The minimum Gasteiger partial charge on any atom is -0.309 e. The van der Waals surface area contributed by atoms with Crippen LogP contribution in [0.4, 0.5) is 17.1 Å². The Morgan fingerprint density at radius 3 is 1.70 bits per heavy atom. The Hall–Kier alpha value is -7.98. The monoisotopic (exact) mass is 830 g/mol. The van der Waals surface area contributed by atoms with Gasteiger partial charge in [0.25, 0.3) is 0 Å². The van der Waals surface area contributed by atoms with Crippen molar-refractivity contribution in [3.05, 3.63) is 253 Å². The normalized spacial score (nSPS) is 13.1. The highest BCUT2D eigenvalue weighted by molar-refractivity contribution is 7.26. The van der Waals surface area contributed by atoms with Gasteiger partial charge in [0.2, 0.25) is 0 Å². The summed E-state index contributed by atoms with van der Waals surface area (Å²) in [6, 6.07) is 85.7. The topological polar surface area (TPSA) is 8.17 Å². The molecule has 0 N–H and O–H groups in total. The van der Waals surface area contributed by atoms with Gasteiger partial charge in [0.05, 0.1) is 27.8 Å². The Bertz CT molecular complexity index is 3790. The fraction of sp³-hybridized carbons (Fsp3) is 0.0164. The molecule has 10 aromatic carbocycles. The molecule has 0 aliphatic heterocycles. The summed E-state index contributed by atoms with van der Waals surface area (Å²) < 4.78 is 5.11. The van der Waals surface area contributed by atoms with Gasteiger partial charge in [0.1, 0.15) is 0 Å². The van der Waals surface area contributed by atoms with Gasteiger partial charge in [-0.05, 0) is 105 Å². The number of rotatable bonds is 5. The van der Waals surface area contributed by atoms with Crippen molar-refractivity contribution in [3.8, 4) is 39.1 Å². The van der Waals surface area contributed by atoms with Gasteiger partial charge < -0.3 is 9.47 Å². The second kappa shape index (κ2) is 13.5. The van der Waals surface area contributed by atoms with Gasteiger partial charge in [-0.15, -0.1) is 11.3 Å². The van der Waals surface area contributed by atoms with Crippen molar-refractivity contribution in [2.24, 2.45) is 0 Å². The molecule has 3 heteroatoms. The lowest BCUT2D eigenvalue weighted by Gasteiger charge is -2.32. The summed E-state index contributed by atoms with van der Waals surface area (Å²) in [5.41, 5.74) is 19.4. The Kier molecular flexibility index (Phi) is 7.51. The summed E-state index contributed by atoms with van der Waals surface area (Å²) in [5.74, 6) is 0. The Morgan fingerprint density at radius 2 is 0.953 bits per heavy atom. The molecule has 0 saturated carbocycles. The van der Waals surface area contributed by atoms with Crippen LogP contribution in [0.15, 0.2) is 231 Å². The summed E-state index contributed by atoms with van der Waals surface area (Å²) in [4.78, 5) is 2.56. The van der Waals surface area contributed by atoms with E-state index in [1.165, 1.54) is 97.6 Å². The third kappa shape index (κ3) is 4.74. The highest BCUT2D eigenvalue weighted by Gasteiger charge is 2.52. The van der Waals surface area contributed by atoms with Crippen LogP contribution >= 0.6 is 11.3 Å². The molecule has 2 heterocycles. The van der Waals surface area contributed by atoms with E-state index in [0.29, 0.717) is 0 Å². The second-order valence-corrected chi connectivity index (χ2v) is 18.2. The van der Waals surface area contributed by atoms with Crippen molar-refractivity contribution >= 4 is 70.4 Å². The van der Waals surface area contributed by atoms with Crippen LogP contribution in [0.2, 0.25) is 0 Å². The van der Waals surface area contributed by atoms with E-state index in [9.17, 15) is 0 Å². The molecule has 0 saturated heterocycles. The van der Waals surface area contributed by atoms with Crippen molar-refractivity contribution in [2.45, 2.75) is 5.41 Å². The average molecular weight is 831 g/mol. The first kappa shape index (κ1) is 35.6.